The summed E-state index contributed by atoms with van der Waals surface area (Å²) in [5.41, 5.74) is 0.851. The molecule has 0 saturated carbocycles. The molecule has 0 radical (unpaired) electrons. The van der Waals surface area contributed by atoms with E-state index in [9.17, 15) is 8.78 Å². The Labute approximate surface area is 113 Å². The second kappa shape index (κ2) is 5.34. The third-order valence-electron chi connectivity index (χ3n) is 2.76. The Morgan fingerprint density at radius 3 is 2.50 bits per heavy atom. The fourth-order valence-electron chi connectivity index (χ4n) is 1.84. The smallest absolute Gasteiger partial charge is 0.131 e. The van der Waals surface area contributed by atoms with E-state index in [2.05, 4.69) is 5.32 Å². The standard InChI is InChI=1S/C13H12ClF2NS/c1-7-5-8(10(16)6-9(7)15)13(17-2)11-3-4-12(14)18-11/h3-6,13,17H,1-2H3. The van der Waals surface area contributed by atoms with Crippen LogP contribution in [0.4, 0.5) is 8.78 Å². The largest absolute Gasteiger partial charge is 0.309 e. The Morgan fingerprint density at radius 1 is 1.22 bits per heavy atom. The van der Waals surface area contributed by atoms with Gasteiger partial charge in [-0.1, -0.05) is 11.6 Å². The molecule has 1 atom stereocenters. The molecule has 1 aromatic heterocycles. The van der Waals surface area contributed by atoms with Gasteiger partial charge in [-0.25, -0.2) is 8.78 Å². The maximum absolute atomic E-state index is 13.9. The molecule has 1 unspecified atom stereocenters. The maximum atomic E-state index is 13.9. The van der Waals surface area contributed by atoms with Crippen molar-refractivity contribution in [3.05, 3.63) is 56.2 Å². The Balaban J connectivity index is 2.48. The van der Waals surface area contributed by atoms with Crippen molar-refractivity contribution in [2.45, 2.75) is 13.0 Å². The summed E-state index contributed by atoms with van der Waals surface area (Å²) in [5, 5.41) is 3.02. The Morgan fingerprint density at radius 2 is 1.94 bits per heavy atom. The van der Waals surface area contributed by atoms with Gasteiger partial charge in [0.25, 0.3) is 0 Å². The first-order valence-electron chi connectivity index (χ1n) is 5.41. The maximum Gasteiger partial charge on any atom is 0.131 e. The van der Waals surface area contributed by atoms with Gasteiger partial charge >= 0.3 is 0 Å². The molecule has 0 aliphatic carbocycles. The molecule has 96 valence electrons. The third kappa shape index (κ3) is 2.55. The summed E-state index contributed by atoms with van der Waals surface area (Å²) >= 11 is 7.26. The van der Waals surface area contributed by atoms with Crippen molar-refractivity contribution in [3.63, 3.8) is 0 Å². The molecule has 0 spiro atoms. The first-order valence-corrected chi connectivity index (χ1v) is 6.60. The van der Waals surface area contributed by atoms with E-state index in [1.54, 1.807) is 20.0 Å². The quantitative estimate of drug-likeness (QED) is 0.888. The Hall–Kier alpha value is -0.970. The predicted molar refractivity (Wildman–Crippen MR) is 71.3 cm³/mol. The highest BCUT2D eigenvalue weighted by molar-refractivity contribution is 7.16. The lowest BCUT2D eigenvalue weighted by Gasteiger charge is -2.16. The number of thiophene rings is 1. The van der Waals surface area contributed by atoms with Crippen molar-refractivity contribution in [1.82, 2.24) is 5.32 Å². The Bertz CT molecular complexity index is 568. The van der Waals surface area contributed by atoms with E-state index in [1.807, 2.05) is 6.07 Å². The van der Waals surface area contributed by atoms with Crippen LogP contribution in [0.15, 0.2) is 24.3 Å². The third-order valence-corrected chi connectivity index (χ3v) is 4.05. The number of benzene rings is 1. The van der Waals surface area contributed by atoms with Crippen molar-refractivity contribution in [1.29, 1.82) is 0 Å². The lowest BCUT2D eigenvalue weighted by atomic mass is 10.0. The van der Waals surface area contributed by atoms with Gasteiger partial charge in [-0.05, 0) is 37.7 Å². The van der Waals surface area contributed by atoms with Crippen LogP contribution in [0.3, 0.4) is 0 Å². The monoisotopic (exact) mass is 287 g/mol. The van der Waals surface area contributed by atoms with E-state index in [0.29, 0.717) is 15.5 Å². The van der Waals surface area contributed by atoms with Crippen molar-refractivity contribution >= 4 is 22.9 Å². The van der Waals surface area contributed by atoms with Gasteiger partial charge in [0, 0.05) is 16.5 Å². The van der Waals surface area contributed by atoms with E-state index in [0.717, 1.165) is 10.9 Å². The van der Waals surface area contributed by atoms with E-state index in [1.165, 1.54) is 17.4 Å². The van der Waals surface area contributed by atoms with Gasteiger partial charge in [0.1, 0.15) is 11.6 Å². The van der Waals surface area contributed by atoms with Gasteiger partial charge in [0.05, 0.1) is 10.4 Å². The molecule has 1 N–H and O–H groups in total. The van der Waals surface area contributed by atoms with Gasteiger partial charge in [-0.3, -0.25) is 0 Å². The first-order chi connectivity index (χ1) is 8.52. The van der Waals surface area contributed by atoms with Crippen LogP contribution in [0, 0.1) is 18.6 Å². The molecule has 0 bridgehead atoms. The fraction of sp³-hybridized carbons (Fsp3) is 0.231. The molecule has 0 saturated heterocycles. The zero-order chi connectivity index (χ0) is 13.3. The second-order valence-electron chi connectivity index (χ2n) is 3.99. The number of halogens is 3. The molecule has 1 aromatic carbocycles. The lowest BCUT2D eigenvalue weighted by molar-refractivity contribution is 0.549. The van der Waals surface area contributed by atoms with Gasteiger partial charge in [0.15, 0.2) is 0 Å². The highest BCUT2D eigenvalue weighted by Crippen LogP contribution is 2.32. The SMILES string of the molecule is CNC(c1ccc(Cl)s1)c1cc(C)c(F)cc1F. The van der Waals surface area contributed by atoms with Crippen LogP contribution in [0.5, 0.6) is 0 Å². The number of hydrogen-bond acceptors (Lipinski definition) is 2. The van der Waals surface area contributed by atoms with E-state index >= 15 is 0 Å². The Kier molecular flexibility index (Phi) is 4.00. The van der Waals surface area contributed by atoms with Crippen molar-refractivity contribution in [2.75, 3.05) is 7.05 Å². The zero-order valence-corrected chi connectivity index (χ0v) is 11.5. The average molecular weight is 288 g/mol. The molecule has 1 nitrogen and oxygen atoms in total. The zero-order valence-electron chi connectivity index (χ0n) is 9.93. The highest BCUT2D eigenvalue weighted by atomic mass is 35.5. The number of rotatable bonds is 3. The van der Waals surface area contributed by atoms with Gasteiger partial charge in [-0.2, -0.15) is 0 Å². The van der Waals surface area contributed by atoms with Crippen molar-refractivity contribution < 1.29 is 8.78 Å². The van der Waals surface area contributed by atoms with Crippen LogP contribution in [0.1, 0.15) is 22.0 Å². The van der Waals surface area contributed by atoms with Crippen LogP contribution < -0.4 is 5.32 Å². The molecular weight excluding hydrogens is 276 g/mol. The van der Waals surface area contributed by atoms with E-state index in [4.69, 9.17) is 11.6 Å². The molecule has 0 aliphatic rings. The minimum atomic E-state index is -0.554. The summed E-state index contributed by atoms with van der Waals surface area (Å²) in [6.07, 6.45) is 0. The number of hydrogen-bond donors (Lipinski definition) is 1. The summed E-state index contributed by atoms with van der Waals surface area (Å²) in [7, 11) is 1.73. The molecular formula is C13H12ClF2NS. The molecule has 2 aromatic rings. The molecule has 0 amide bonds. The molecule has 0 fully saturated rings. The summed E-state index contributed by atoms with van der Waals surface area (Å²) in [4.78, 5) is 0.896. The molecule has 5 heteroatoms. The van der Waals surface area contributed by atoms with Crippen LogP contribution in [0.2, 0.25) is 4.34 Å². The average Bonchev–Trinajstić information content (AvgIpc) is 2.73. The highest BCUT2D eigenvalue weighted by Gasteiger charge is 2.19. The molecule has 18 heavy (non-hydrogen) atoms. The van der Waals surface area contributed by atoms with Crippen LogP contribution in [0.25, 0.3) is 0 Å². The summed E-state index contributed by atoms with van der Waals surface area (Å²) < 4.78 is 27.7. The minimum Gasteiger partial charge on any atom is -0.309 e. The first kappa shape index (κ1) is 13.5. The molecule has 0 aliphatic heterocycles. The van der Waals surface area contributed by atoms with Gasteiger partial charge in [-0.15, -0.1) is 11.3 Å². The summed E-state index contributed by atoms with van der Waals surface area (Å²) in [6, 6.07) is 5.73. The van der Waals surface area contributed by atoms with Crippen LogP contribution >= 0.6 is 22.9 Å². The van der Waals surface area contributed by atoms with Crippen molar-refractivity contribution in [2.24, 2.45) is 0 Å². The number of aryl methyl sites for hydroxylation is 1. The van der Waals surface area contributed by atoms with Gasteiger partial charge in [0.2, 0.25) is 0 Å². The van der Waals surface area contributed by atoms with Crippen LogP contribution in [-0.4, -0.2) is 7.05 Å². The van der Waals surface area contributed by atoms with E-state index < -0.39 is 11.6 Å². The lowest BCUT2D eigenvalue weighted by Crippen LogP contribution is -2.18. The number of nitrogens with one attached hydrogen (secondary N) is 1. The predicted octanol–water partition coefficient (Wildman–Crippen LogP) is 4.30. The van der Waals surface area contributed by atoms with Crippen LogP contribution in [-0.2, 0) is 0 Å². The topological polar surface area (TPSA) is 12.0 Å². The minimum absolute atomic E-state index is 0.318. The summed E-state index contributed by atoms with van der Waals surface area (Å²) in [6.45, 7) is 1.62. The summed E-state index contributed by atoms with van der Waals surface area (Å²) in [5.74, 6) is -1.09. The fourth-order valence-corrected chi connectivity index (χ4v) is 3.03. The normalized spacial score (nSPS) is 12.7. The second-order valence-corrected chi connectivity index (χ2v) is 5.73. The molecule has 1 heterocycles. The van der Waals surface area contributed by atoms with Gasteiger partial charge < -0.3 is 5.32 Å². The molecule has 2 rings (SSSR count). The van der Waals surface area contributed by atoms with E-state index in [-0.39, 0.29) is 6.04 Å². The van der Waals surface area contributed by atoms with Crippen molar-refractivity contribution in [3.8, 4) is 0 Å².